The molecule has 1 N–H and O–H groups in total. The van der Waals surface area contributed by atoms with Gasteiger partial charge in [-0.05, 0) is 70.0 Å². The number of carbonyl (C=O) groups is 1. The predicted molar refractivity (Wildman–Crippen MR) is 123 cm³/mol. The van der Waals surface area contributed by atoms with Crippen LogP contribution in [0.4, 0.5) is 0 Å². The zero-order chi connectivity index (χ0) is 23.0. The zero-order valence-electron chi connectivity index (χ0n) is 19.3. The Hall–Kier alpha value is -3.68. The molecular formula is C24H28N6O2. The highest BCUT2D eigenvalue weighted by Crippen LogP contribution is 2.26. The van der Waals surface area contributed by atoms with E-state index < -0.39 is 0 Å². The van der Waals surface area contributed by atoms with Crippen molar-refractivity contribution in [3.8, 4) is 11.4 Å². The SMILES string of the molecule is COc1ccc(-n2nc(C)c3c(C(=O)NC(C)Cc4cn(C)nc4C)cc(C)nc32)cc1. The van der Waals surface area contributed by atoms with Gasteiger partial charge in [0, 0.05) is 25.0 Å². The number of amides is 1. The lowest BCUT2D eigenvalue weighted by Crippen LogP contribution is -2.34. The van der Waals surface area contributed by atoms with Crippen LogP contribution in [0, 0.1) is 20.8 Å². The van der Waals surface area contributed by atoms with Gasteiger partial charge in [-0.25, -0.2) is 9.67 Å². The van der Waals surface area contributed by atoms with Gasteiger partial charge >= 0.3 is 0 Å². The maximum absolute atomic E-state index is 13.3. The van der Waals surface area contributed by atoms with E-state index >= 15 is 0 Å². The molecule has 0 saturated heterocycles. The maximum atomic E-state index is 13.3. The fraction of sp³-hybridized carbons (Fsp3) is 0.333. The third-order valence-electron chi connectivity index (χ3n) is 5.52. The van der Waals surface area contributed by atoms with Crippen molar-refractivity contribution in [1.82, 2.24) is 29.9 Å². The van der Waals surface area contributed by atoms with Crippen LogP contribution in [0.15, 0.2) is 36.5 Å². The van der Waals surface area contributed by atoms with Crippen molar-refractivity contribution in [3.63, 3.8) is 0 Å². The maximum Gasteiger partial charge on any atom is 0.252 e. The molecule has 0 fully saturated rings. The van der Waals surface area contributed by atoms with Gasteiger partial charge in [-0.2, -0.15) is 10.2 Å². The number of hydrogen-bond donors (Lipinski definition) is 1. The zero-order valence-corrected chi connectivity index (χ0v) is 19.3. The Labute approximate surface area is 187 Å². The minimum atomic E-state index is -0.132. The number of methoxy groups -OCH3 is 1. The lowest BCUT2D eigenvalue weighted by atomic mass is 10.1. The Morgan fingerprint density at radius 3 is 2.47 bits per heavy atom. The van der Waals surface area contributed by atoms with Crippen LogP contribution in [0.2, 0.25) is 0 Å². The number of aryl methyl sites for hydroxylation is 4. The number of benzene rings is 1. The van der Waals surface area contributed by atoms with Crippen LogP contribution in [0.1, 0.15) is 39.9 Å². The summed E-state index contributed by atoms with van der Waals surface area (Å²) >= 11 is 0. The fourth-order valence-electron chi connectivity index (χ4n) is 4.03. The molecule has 32 heavy (non-hydrogen) atoms. The summed E-state index contributed by atoms with van der Waals surface area (Å²) in [5.74, 6) is 0.635. The molecule has 4 rings (SSSR count). The van der Waals surface area contributed by atoms with Crippen molar-refractivity contribution >= 4 is 16.9 Å². The molecule has 1 atom stereocenters. The van der Waals surface area contributed by atoms with Crippen molar-refractivity contribution in [1.29, 1.82) is 0 Å². The molecule has 4 aromatic rings. The molecule has 0 spiro atoms. The molecule has 0 saturated carbocycles. The molecule has 0 radical (unpaired) electrons. The van der Waals surface area contributed by atoms with E-state index in [0.29, 0.717) is 17.6 Å². The van der Waals surface area contributed by atoms with E-state index in [2.05, 4.69) is 15.5 Å². The number of nitrogens with zero attached hydrogens (tertiary/aromatic N) is 5. The van der Waals surface area contributed by atoms with E-state index in [9.17, 15) is 4.79 Å². The van der Waals surface area contributed by atoms with Gasteiger partial charge in [-0.1, -0.05) is 0 Å². The standard InChI is InChI=1S/C24H28N6O2/c1-14(11-18-13-29(5)27-16(18)3)26-24(31)21-12-15(2)25-23-22(21)17(4)28-30(23)19-7-9-20(32-6)10-8-19/h7-10,12-14H,11H2,1-6H3,(H,26,31). The van der Waals surface area contributed by atoms with Crippen molar-refractivity contribution in [2.24, 2.45) is 7.05 Å². The third kappa shape index (κ3) is 4.08. The monoisotopic (exact) mass is 432 g/mol. The van der Waals surface area contributed by atoms with Crippen molar-refractivity contribution in [2.75, 3.05) is 7.11 Å². The summed E-state index contributed by atoms with van der Waals surface area (Å²) < 4.78 is 8.82. The Kier molecular flexibility index (Phi) is 5.69. The number of nitrogens with one attached hydrogen (secondary N) is 1. The third-order valence-corrected chi connectivity index (χ3v) is 5.52. The number of pyridine rings is 1. The minimum absolute atomic E-state index is 0.0501. The average molecular weight is 433 g/mol. The molecule has 0 aliphatic heterocycles. The summed E-state index contributed by atoms with van der Waals surface area (Å²) in [6.07, 6.45) is 2.71. The van der Waals surface area contributed by atoms with E-state index in [4.69, 9.17) is 9.72 Å². The van der Waals surface area contributed by atoms with E-state index in [-0.39, 0.29) is 11.9 Å². The van der Waals surface area contributed by atoms with Gasteiger partial charge in [0.25, 0.3) is 5.91 Å². The Balaban J connectivity index is 1.67. The molecule has 0 bridgehead atoms. The minimum Gasteiger partial charge on any atom is -0.497 e. The van der Waals surface area contributed by atoms with Crippen molar-refractivity contribution in [2.45, 2.75) is 40.2 Å². The van der Waals surface area contributed by atoms with Crippen LogP contribution in [-0.2, 0) is 13.5 Å². The van der Waals surface area contributed by atoms with Crippen LogP contribution in [-0.4, -0.2) is 43.6 Å². The number of fused-ring (bicyclic) bond motifs is 1. The van der Waals surface area contributed by atoms with Gasteiger partial charge in [-0.3, -0.25) is 9.48 Å². The summed E-state index contributed by atoms with van der Waals surface area (Å²) in [6.45, 7) is 7.78. The van der Waals surface area contributed by atoms with Gasteiger partial charge in [0.15, 0.2) is 5.65 Å². The van der Waals surface area contributed by atoms with Crippen LogP contribution < -0.4 is 10.1 Å². The Morgan fingerprint density at radius 2 is 1.84 bits per heavy atom. The largest absolute Gasteiger partial charge is 0.497 e. The second-order valence-electron chi connectivity index (χ2n) is 8.20. The first kappa shape index (κ1) is 21.5. The summed E-state index contributed by atoms with van der Waals surface area (Å²) in [6, 6.07) is 9.38. The molecule has 8 heteroatoms. The van der Waals surface area contributed by atoms with Crippen molar-refractivity contribution < 1.29 is 9.53 Å². The topological polar surface area (TPSA) is 86.9 Å². The first-order valence-electron chi connectivity index (χ1n) is 10.6. The van der Waals surface area contributed by atoms with Crippen LogP contribution in [0.5, 0.6) is 5.75 Å². The number of rotatable bonds is 6. The quantitative estimate of drug-likeness (QED) is 0.504. The van der Waals surface area contributed by atoms with Gasteiger partial charge in [0.1, 0.15) is 5.75 Å². The van der Waals surface area contributed by atoms with Gasteiger partial charge in [0.05, 0.1) is 35.1 Å². The predicted octanol–water partition coefficient (Wildman–Crippen LogP) is 3.45. The smallest absolute Gasteiger partial charge is 0.252 e. The van der Waals surface area contributed by atoms with E-state index in [1.807, 2.05) is 71.3 Å². The van der Waals surface area contributed by atoms with Crippen LogP contribution in [0.25, 0.3) is 16.7 Å². The summed E-state index contributed by atoms with van der Waals surface area (Å²) in [5.41, 5.74) is 5.71. The lowest BCUT2D eigenvalue weighted by molar-refractivity contribution is 0.0941. The normalized spacial score (nSPS) is 12.2. The summed E-state index contributed by atoms with van der Waals surface area (Å²) in [7, 11) is 3.54. The first-order chi connectivity index (χ1) is 15.3. The molecule has 1 amide bonds. The van der Waals surface area contributed by atoms with Gasteiger partial charge in [-0.15, -0.1) is 0 Å². The molecule has 8 nitrogen and oxygen atoms in total. The van der Waals surface area contributed by atoms with E-state index in [0.717, 1.165) is 39.5 Å². The second-order valence-corrected chi connectivity index (χ2v) is 8.20. The number of hydrogen-bond acceptors (Lipinski definition) is 5. The highest BCUT2D eigenvalue weighted by molar-refractivity contribution is 6.06. The fourth-order valence-corrected chi connectivity index (χ4v) is 4.03. The van der Waals surface area contributed by atoms with E-state index in [1.165, 1.54) is 0 Å². The van der Waals surface area contributed by atoms with E-state index in [1.54, 1.807) is 16.5 Å². The Morgan fingerprint density at radius 1 is 1.12 bits per heavy atom. The summed E-state index contributed by atoms with van der Waals surface area (Å²) in [4.78, 5) is 18.0. The molecule has 1 unspecified atom stereocenters. The highest BCUT2D eigenvalue weighted by Gasteiger charge is 2.21. The van der Waals surface area contributed by atoms with Crippen LogP contribution >= 0.6 is 0 Å². The molecule has 0 aliphatic carbocycles. The van der Waals surface area contributed by atoms with Crippen molar-refractivity contribution in [3.05, 3.63) is 64.7 Å². The average Bonchev–Trinajstić information content (AvgIpc) is 3.25. The molecule has 0 aliphatic rings. The molecular weight excluding hydrogens is 404 g/mol. The molecule has 3 aromatic heterocycles. The number of aromatic nitrogens is 5. The first-order valence-corrected chi connectivity index (χ1v) is 10.6. The second kappa shape index (κ2) is 8.45. The molecule has 1 aromatic carbocycles. The van der Waals surface area contributed by atoms with Gasteiger partial charge in [0.2, 0.25) is 0 Å². The van der Waals surface area contributed by atoms with Crippen LogP contribution in [0.3, 0.4) is 0 Å². The summed E-state index contributed by atoms with van der Waals surface area (Å²) in [5, 5.41) is 13.0. The van der Waals surface area contributed by atoms with Gasteiger partial charge < -0.3 is 10.1 Å². The molecule has 166 valence electrons. The number of ether oxygens (including phenoxy) is 1. The lowest BCUT2D eigenvalue weighted by Gasteiger charge is -2.14. The molecule has 3 heterocycles. The number of carbonyl (C=O) groups excluding carboxylic acids is 1. The Bertz CT molecular complexity index is 1290. The highest BCUT2D eigenvalue weighted by atomic mass is 16.5.